The minimum absolute atomic E-state index is 0.0207. The van der Waals surface area contributed by atoms with E-state index in [0.717, 1.165) is 72.6 Å². The zero-order valence-electron chi connectivity index (χ0n) is 61.0. The SMILES string of the molecule is CCCc1ccc(-c2ccc(N(c3ccc(-c4cccc(C(C)(C)C)c4)cc3)c3ccc(-c4ccc5c(c4)C4(CC5(C)C)CC(C)(C)c5ccc(-c6ccc(N(c7ccc(-c8ccc(CCC)cc8)cc7)c7ccc(-c8cccc(C(C)(C)C)c8)cc7)cc6C)cc54)c(C)c3)cc2)cc1. The Kier molecular flexibility index (Phi) is 17.6. The number of aryl methyl sites for hydroxylation is 4. The molecule has 2 aliphatic rings. The highest BCUT2D eigenvalue weighted by molar-refractivity contribution is 5.85. The second-order valence-corrected chi connectivity index (χ2v) is 32.1. The van der Waals surface area contributed by atoms with Gasteiger partial charge in [-0.2, -0.15) is 0 Å². The van der Waals surface area contributed by atoms with E-state index in [0.29, 0.717) is 0 Å². The summed E-state index contributed by atoms with van der Waals surface area (Å²) in [4.78, 5) is 4.86. The molecule has 0 bridgehead atoms. The normalized spacial score (nSPS) is 14.3. The Labute approximate surface area is 592 Å². The van der Waals surface area contributed by atoms with Crippen LogP contribution in [0.1, 0.15) is 164 Å². The number of hydrogen-bond acceptors (Lipinski definition) is 2. The summed E-state index contributed by atoms with van der Waals surface area (Å²) in [6.45, 7) is 32.8. The lowest BCUT2D eigenvalue weighted by molar-refractivity contribution is 0.349. The number of anilines is 6. The molecule has 0 aliphatic heterocycles. The van der Waals surface area contributed by atoms with Crippen molar-refractivity contribution in [1.29, 1.82) is 0 Å². The minimum Gasteiger partial charge on any atom is -0.310 e. The molecule has 2 nitrogen and oxygen atoms in total. The molecule has 0 amide bonds. The van der Waals surface area contributed by atoms with E-state index in [2.05, 4.69) is 374 Å². The third-order valence-corrected chi connectivity index (χ3v) is 21.9. The molecule has 0 radical (unpaired) electrons. The Morgan fingerprint density at radius 2 is 0.586 bits per heavy atom. The smallest absolute Gasteiger partial charge is 0.0464 e. The fraction of sp³-hybridized carbons (Fsp3) is 0.258. The summed E-state index contributed by atoms with van der Waals surface area (Å²) >= 11 is 0. The standard InChI is InChI=1S/C97H98N2/c1-15-19-67-25-29-69(30-26-67)71-33-43-81(44-34-71)98(83-47-37-73(38-48-83)75-21-17-23-79(59-75)93(5,6)7)85-51-53-87(65(3)57-85)77-41-55-89-91(61-77)97(63-95(89,11)12)64-96(13,14)90-56-42-78(62-92(90)97)88-54-52-86(58-66(88)4)99(82-45-35-72(36-46-82)70-31-27-68(20-16-2)28-32-70)84-49-39-74(40-50-84)76-22-18-24-80(60-76)94(8,9)10/h17-18,21-62H,15-16,19-20,63-64H2,1-14H3. The Bertz CT molecular complexity index is 4590. The molecule has 0 fully saturated rings. The topological polar surface area (TPSA) is 6.48 Å². The van der Waals surface area contributed by atoms with Gasteiger partial charge < -0.3 is 9.80 Å². The molecular formula is C97H98N2. The summed E-state index contributed by atoms with van der Waals surface area (Å²) < 4.78 is 0. The van der Waals surface area contributed by atoms with Crippen molar-refractivity contribution in [2.24, 2.45) is 0 Å². The lowest BCUT2D eigenvalue weighted by Gasteiger charge is -2.31. The molecule has 0 N–H and O–H groups in total. The lowest BCUT2D eigenvalue weighted by Crippen LogP contribution is -2.27. The van der Waals surface area contributed by atoms with Crippen LogP contribution in [0.4, 0.5) is 34.1 Å². The molecule has 14 rings (SSSR count). The summed E-state index contributed by atoms with van der Waals surface area (Å²) in [5.74, 6) is 0. The van der Waals surface area contributed by atoms with Crippen molar-refractivity contribution < 1.29 is 0 Å². The zero-order valence-corrected chi connectivity index (χ0v) is 61.0. The highest BCUT2D eigenvalue weighted by Crippen LogP contribution is 2.64. The average molecular weight is 1290 g/mol. The van der Waals surface area contributed by atoms with Crippen LogP contribution in [0.5, 0.6) is 0 Å². The van der Waals surface area contributed by atoms with Crippen LogP contribution in [0.2, 0.25) is 0 Å². The molecular weight excluding hydrogens is 1190 g/mol. The summed E-state index contributed by atoms with van der Waals surface area (Å²) in [6.07, 6.45) is 6.62. The van der Waals surface area contributed by atoms with E-state index in [1.807, 2.05) is 0 Å². The van der Waals surface area contributed by atoms with Gasteiger partial charge in [-0.05, 0) is 269 Å². The summed E-state index contributed by atoms with van der Waals surface area (Å²) in [7, 11) is 0. The molecule has 1 spiro atoms. The van der Waals surface area contributed by atoms with Gasteiger partial charge in [-0.15, -0.1) is 0 Å². The van der Waals surface area contributed by atoms with Crippen LogP contribution >= 0.6 is 0 Å². The maximum atomic E-state index is 2.60. The zero-order chi connectivity index (χ0) is 69.2. The van der Waals surface area contributed by atoms with Gasteiger partial charge in [-0.3, -0.25) is 0 Å². The Balaban J connectivity index is 0.802. The molecule has 12 aromatic rings. The van der Waals surface area contributed by atoms with Crippen molar-refractivity contribution in [1.82, 2.24) is 0 Å². The van der Waals surface area contributed by atoms with Crippen LogP contribution in [-0.4, -0.2) is 0 Å². The molecule has 0 unspecified atom stereocenters. The maximum Gasteiger partial charge on any atom is 0.0464 e. The van der Waals surface area contributed by atoms with Crippen molar-refractivity contribution in [2.45, 2.75) is 163 Å². The first-order valence-electron chi connectivity index (χ1n) is 36.4. The van der Waals surface area contributed by atoms with Crippen molar-refractivity contribution in [3.05, 3.63) is 323 Å². The van der Waals surface area contributed by atoms with Gasteiger partial charge in [0.2, 0.25) is 0 Å². The van der Waals surface area contributed by atoms with Gasteiger partial charge >= 0.3 is 0 Å². The van der Waals surface area contributed by atoms with Gasteiger partial charge in [-0.25, -0.2) is 0 Å². The summed E-state index contributed by atoms with van der Waals surface area (Å²) in [5.41, 5.74) is 35.5. The second-order valence-electron chi connectivity index (χ2n) is 32.1. The molecule has 0 heterocycles. The molecule has 0 aromatic heterocycles. The largest absolute Gasteiger partial charge is 0.310 e. The van der Waals surface area contributed by atoms with Crippen molar-refractivity contribution in [3.8, 4) is 66.8 Å². The molecule has 2 aliphatic carbocycles. The predicted octanol–water partition coefficient (Wildman–Crippen LogP) is 27.4. The number of rotatable bonds is 16. The highest BCUT2D eigenvalue weighted by atomic mass is 15.1. The maximum absolute atomic E-state index is 2.60. The number of fused-ring (bicyclic) bond motifs is 4. The van der Waals surface area contributed by atoms with Crippen LogP contribution in [-0.2, 0) is 39.9 Å². The van der Waals surface area contributed by atoms with E-state index in [1.54, 1.807) is 0 Å². The van der Waals surface area contributed by atoms with Crippen molar-refractivity contribution >= 4 is 34.1 Å². The Hall–Kier alpha value is -9.76. The molecule has 0 saturated carbocycles. The van der Waals surface area contributed by atoms with Gasteiger partial charge in [0.25, 0.3) is 0 Å². The van der Waals surface area contributed by atoms with Gasteiger partial charge in [0.05, 0.1) is 0 Å². The van der Waals surface area contributed by atoms with Crippen LogP contribution in [0.15, 0.2) is 267 Å². The third-order valence-electron chi connectivity index (χ3n) is 21.9. The quantitative estimate of drug-likeness (QED) is 0.0951. The van der Waals surface area contributed by atoms with Crippen molar-refractivity contribution in [3.63, 3.8) is 0 Å². The van der Waals surface area contributed by atoms with E-state index in [1.165, 1.54) is 122 Å². The summed E-state index contributed by atoms with van der Waals surface area (Å²) in [6, 6.07) is 102. The van der Waals surface area contributed by atoms with E-state index in [-0.39, 0.29) is 27.1 Å². The van der Waals surface area contributed by atoms with Crippen LogP contribution in [0.3, 0.4) is 0 Å². The highest BCUT2D eigenvalue weighted by Gasteiger charge is 2.56. The van der Waals surface area contributed by atoms with Crippen molar-refractivity contribution in [2.75, 3.05) is 9.80 Å². The molecule has 0 saturated heterocycles. The van der Waals surface area contributed by atoms with Crippen LogP contribution in [0, 0.1) is 13.8 Å². The second kappa shape index (κ2) is 26.2. The first-order chi connectivity index (χ1) is 47.5. The van der Waals surface area contributed by atoms with E-state index >= 15 is 0 Å². The fourth-order valence-electron chi connectivity index (χ4n) is 16.6. The Morgan fingerprint density at radius 1 is 0.293 bits per heavy atom. The van der Waals surface area contributed by atoms with E-state index < -0.39 is 0 Å². The van der Waals surface area contributed by atoms with Crippen LogP contribution < -0.4 is 9.80 Å². The number of nitrogens with zero attached hydrogens (tertiary/aromatic N) is 2. The van der Waals surface area contributed by atoms with E-state index in [9.17, 15) is 0 Å². The molecule has 99 heavy (non-hydrogen) atoms. The van der Waals surface area contributed by atoms with Crippen LogP contribution in [0.25, 0.3) is 66.8 Å². The minimum atomic E-state index is -0.160. The number of benzene rings is 12. The monoisotopic (exact) mass is 1290 g/mol. The van der Waals surface area contributed by atoms with Gasteiger partial charge in [0.1, 0.15) is 0 Å². The average Bonchev–Trinajstić information content (AvgIpc) is 1.53. The number of hydrogen-bond donors (Lipinski definition) is 0. The first kappa shape index (κ1) is 66.5. The van der Waals surface area contributed by atoms with Gasteiger partial charge in [0, 0.05) is 39.5 Å². The lowest BCUT2D eigenvalue weighted by atomic mass is 9.72. The Morgan fingerprint density at radius 3 is 0.889 bits per heavy atom. The fourth-order valence-corrected chi connectivity index (χ4v) is 16.6. The van der Waals surface area contributed by atoms with Gasteiger partial charge in [0.15, 0.2) is 0 Å². The molecule has 496 valence electrons. The molecule has 2 heteroatoms. The molecule has 0 atom stereocenters. The third kappa shape index (κ3) is 13.1. The first-order valence-corrected chi connectivity index (χ1v) is 36.4. The van der Waals surface area contributed by atoms with E-state index in [4.69, 9.17) is 0 Å². The predicted molar refractivity (Wildman–Crippen MR) is 426 cm³/mol. The summed E-state index contributed by atoms with van der Waals surface area (Å²) in [5, 5.41) is 0. The van der Waals surface area contributed by atoms with Gasteiger partial charge in [-0.1, -0.05) is 278 Å². The molecule has 12 aromatic carbocycles.